The monoisotopic (exact) mass is 524 g/mol. The molecular weight excluding hydrogens is 500 g/mol. The van der Waals surface area contributed by atoms with Gasteiger partial charge >= 0.3 is 6.05 Å². The van der Waals surface area contributed by atoms with Crippen LogP contribution in [0.3, 0.4) is 0 Å². The Morgan fingerprint density at radius 1 is 1.11 bits per heavy atom. The van der Waals surface area contributed by atoms with E-state index in [9.17, 15) is 9.59 Å². The second kappa shape index (κ2) is 8.79. The number of alkyl halides is 2. The van der Waals surface area contributed by atoms with E-state index in [-0.39, 0.29) is 39.2 Å². The molecule has 3 atom stereocenters. The summed E-state index contributed by atoms with van der Waals surface area (Å²) in [7, 11) is 0. The van der Waals surface area contributed by atoms with Crippen molar-refractivity contribution in [2.75, 3.05) is 5.32 Å². The molecule has 9 heteroatoms. The van der Waals surface area contributed by atoms with Gasteiger partial charge in [-0.05, 0) is 54.0 Å². The van der Waals surface area contributed by atoms with Gasteiger partial charge in [0, 0.05) is 23.0 Å². The summed E-state index contributed by atoms with van der Waals surface area (Å²) in [6.07, 6.45) is 3.70. The Balaban J connectivity index is 1.65. The molecule has 2 fully saturated rings. The quantitative estimate of drug-likeness (QED) is 0.451. The zero-order valence-electron chi connectivity index (χ0n) is 19.0. The second-order valence-corrected chi connectivity index (χ2v) is 10.9. The molecule has 0 unspecified atom stereocenters. The third kappa shape index (κ3) is 3.78. The molecule has 1 spiro atoms. The van der Waals surface area contributed by atoms with Crippen LogP contribution in [0.4, 0.5) is 18.9 Å². The van der Waals surface area contributed by atoms with E-state index >= 15 is 13.2 Å². The molecule has 1 amide bonds. The van der Waals surface area contributed by atoms with E-state index < -0.39 is 40.9 Å². The summed E-state index contributed by atoms with van der Waals surface area (Å²) in [6, 6.07) is 2.85. The first kappa shape index (κ1) is 24.6. The number of carbonyl (C=O) groups is 2. The number of Topliss-reactive ketones (excluding diaryl/α,β-unsaturated/α-hetero) is 1. The molecule has 0 radical (unpaired) electrons. The van der Waals surface area contributed by atoms with Gasteiger partial charge in [-0.25, -0.2) is 9.71 Å². The van der Waals surface area contributed by atoms with E-state index in [2.05, 4.69) is 17.6 Å². The normalized spacial score (nSPS) is 31.4. The SMILES string of the molecule is CC1CCC(CC(=O)[C@@H]2NC(F)(F)[C@@]3(C(=O)Nc4cc(Cl)ccc43)[C@H]2c2cccc(Cl)c2F)CC1. The zero-order chi connectivity index (χ0) is 25.1. The summed E-state index contributed by atoms with van der Waals surface area (Å²) in [4.78, 5) is 27.0. The maximum absolute atomic E-state index is 16.0. The molecule has 3 aliphatic rings. The standard InChI is InChI=1S/C26H25Cl2F3N2O2/c1-13-5-7-14(8-6-13)11-20(34)23-21(16-3-2-4-18(28)22(16)29)25(26(30,31)33-23)17-10-9-15(27)12-19(17)32-24(25)35/h2-4,9-10,12-14,21,23,33H,5-8,11H2,1H3,(H,32,35)/t13?,14?,21-,23-,25+/m0/s1. The van der Waals surface area contributed by atoms with Crippen LogP contribution in [0.2, 0.25) is 10.0 Å². The maximum atomic E-state index is 16.0. The van der Waals surface area contributed by atoms with Crippen molar-refractivity contribution in [2.24, 2.45) is 11.8 Å². The van der Waals surface area contributed by atoms with Crippen LogP contribution in [-0.4, -0.2) is 23.8 Å². The molecule has 5 rings (SSSR count). The Hall–Kier alpha value is -2.09. The summed E-state index contributed by atoms with van der Waals surface area (Å²) in [5.41, 5.74) is -2.67. The highest BCUT2D eigenvalue weighted by atomic mass is 35.5. The molecule has 4 nitrogen and oxygen atoms in total. The summed E-state index contributed by atoms with van der Waals surface area (Å²) >= 11 is 12.1. The second-order valence-electron chi connectivity index (χ2n) is 10.1. The lowest BCUT2D eigenvalue weighted by Gasteiger charge is -2.34. The van der Waals surface area contributed by atoms with Crippen molar-refractivity contribution < 1.29 is 22.8 Å². The third-order valence-corrected chi connectivity index (χ3v) is 8.46. The Morgan fingerprint density at radius 3 is 2.54 bits per heavy atom. The van der Waals surface area contributed by atoms with Gasteiger partial charge in [0.2, 0.25) is 5.91 Å². The van der Waals surface area contributed by atoms with Gasteiger partial charge in [-0.2, -0.15) is 8.78 Å². The number of benzene rings is 2. The predicted octanol–water partition coefficient (Wildman–Crippen LogP) is 6.46. The first-order chi connectivity index (χ1) is 16.6. The zero-order valence-corrected chi connectivity index (χ0v) is 20.5. The first-order valence-corrected chi connectivity index (χ1v) is 12.6. The highest BCUT2D eigenvalue weighted by Gasteiger charge is 2.75. The molecular formula is C26H25Cl2F3N2O2. The molecule has 35 heavy (non-hydrogen) atoms. The van der Waals surface area contributed by atoms with Crippen molar-refractivity contribution in [1.29, 1.82) is 0 Å². The minimum atomic E-state index is -3.85. The van der Waals surface area contributed by atoms with Crippen LogP contribution in [0.5, 0.6) is 0 Å². The van der Waals surface area contributed by atoms with Crippen molar-refractivity contribution in [3.63, 3.8) is 0 Å². The fraction of sp³-hybridized carbons (Fsp3) is 0.462. The van der Waals surface area contributed by atoms with Crippen molar-refractivity contribution in [1.82, 2.24) is 5.32 Å². The minimum absolute atomic E-state index is 0.0319. The Kier molecular flexibility index (Phi) is 6.17. The molecule has 186 valence electrons. The lowest BCUT2D eigenvalue weighted by molar-refractivity contribution is -0.139. The Bertz CT molecular complexity index is 1200. The summed E-state index contributed by atoms with van der Waals surface area (Å²) < 4.78 is 47.4. The van der Waals surface area contributed by atoms with Gasteiger partial charge in [0.1, 0.15) is 5.82 Å². The molecule has 2 aromatic carbocycles. The largest absolute Gasteiger partial charge is 0.325 e. The topological polar surface area (TPSA) is 58.2 Å². The van der Waals surface area contributed by atoms with E-state index in [1.807, 2.05) is 0 Å². The lowest BCUT2D eigenvalue weighted by atomic mass is 9.65. The molecule has 1 saturated heterocycles. The summed E-state index contributed by atoms with van der Waals surface area (Å²) in [6.45, 7) is 2.15. The van der Waals surface area contributed by atoms with Gasteiger partial charge in [0.05, 0.1) is 11.1 Å². The minimum Gasteiger partial charge on any atom is -0.325 e. The molecule has 2 aliphatic heterocycles. The van der Waals surface area contributed by atoms with Crippen LogP contribution in [-0.2, 0) is 15.0 Å². The van der Waals surface area contributed by atoms with E-state index in [1.54, 1.807) is 0 Å². The number of anilines is 1. The average Bonchev–Trinajstić information content (AvgIpc) is 3.23. The van der Waals surface area contributed by atoms with Crippen LogP contribution in [0.1, 0.15) is 56.1 Å². The number of hydrogen-bond donors (Lipinski definition) is 2. The highest BCUT2D eigenvalue weighted by Crippen LogP contribution is 2.60. The van der Waals surface area contributed by atoms with Crippen molar-refractivity contribution in [3.8, 4) is 0 Å². The molecule has 1 aliphatic carbocycles. The van der Waals surface area contributed by atoms with Gasteiger partial charge < -0.3 is 5.32 Å². The fourth-order valence-electron chi connectivity index (χ4n) is 6.15. The van der Waals surface area contributed by atoms with E-state index in [0.29, 0.717) is 5.92 Å². The third-order valence-electron chi connectivity index (χ3n) is 7.93. The number of carbonyl (C=O) groups excluding carboxylic acids is 2. The average molecular weight is 525 g/mol. The molecule has 2 aromatic rings. The Labute approximate surface area is 211 Å². The number of fused-ring (bicyclic) bond motifs is 2. The number of nitrogens with one attached hydrogen (secondary N) is 2. The van der Waals surface area contributed by atoms with Crippen LogP contribution in [0.15, 0.2) is 36.4 Å². The summed E-state index contributed by atoms with van der Waals surface area (Å²) in [5, 5.41) is 4.63. The van der Waals surface area contributed by atoms with Crippen LogP contribution in [0, 0.1) is 17.7 Å². The van der Waals surface area contributed by atoms with E-state index in [4.69, 9.17) is 23.2 Å². The van der Waals surface area contributed by atoms with Gasteiger partial charge in [0.25, 0.3) is 0 Å². The smallest absolute Gasteiger partial charge is 0.322 e. The number of amides is 1. The van der Waals surface area contributed by atoms with Crippen LogP contribution in [0.25, 0.3) is 0 Å². The maximum Gasteiger partial charge on any atom is 0.322 e. The number of rotatable bonds is 4. The lowest BCUT2D eigenvalue weighted by Crippen LogP contribution is -2.53. The highest BCUT2D eigenvalue weighted by molar-refractivity contribution is 6.31. The van der Waals surface area contributed by atoms with Crippen LogP contribution >= 0.6 is 23.2 Å². The molecule has 2 N–H and O–H groups in total. The number of hydrogen-bond acceptors (Lipinski definition) is 3. The molecule has 0 bridgehead atoms. The van der Waals surface area contributed by atoms with E-state index in [0.717, 1.165) is 25.7 Å². The molecule has 1 saturated carbocycles. The Morgan fingerprint density at radius 2 is 1.83 bits per heavy atom. The predicted molar refractivity (Wildman–Crippen MR) is 129 cm³/mol. The number of ketones is 1. The van der Waals surface area contributed by atoms with Gasteiger partial charge in [-0.15, -0.1) is 0 Å². The molecule has 2 heterocycles. The van der Waals surface area contributed by atoms with Crippen molar-refractivity contribution >= 4 is 40.6 Å². The fourth-order valence-corrected chi connectivity index (χ4v) is 6.50. The molecule has 0 aromatic heterocycles. The van der Waals surface area contributed by atoms with Crippen molar-refractivity contribution in [2.45, 2.75) is 62.4 Å². The van der Waals surface area contributed by atoms with Crippen LogP contribution < -0.4 is 10.6 Å². The summed E-state index contributed by atoms with van der Waals surface area (Å²) in [5.74, 6) is -3.28. The van der Waals surface area contributed by atoms with E-state index in [1.165, 1.54) is 36.4 Å². The van der Waals surface area contributed by atoms with Crippen molar-refractivity contribution in [3.05, 3.63) is 63.4 Å². The van der Waals surface area contributed by atoms with Gasteiger partial charge in [-0.3, -0.25) is 9.59 Å². The van der Waals surface area contributed by atoms with Gasteiger partial charge in [-0.1, -0.05) is 61.2 Å². The number of halogens is 5. The van der Waals surface area contributed by atoms with Gasteiger partial charge in [0.15, 0.2) is 11.2 Å². The first-order valence-electron chi connectivity index (χ1n) is 11.8.